The van der Waals surface area contributed by atoms with Crippen molar-refractivity contribution >= 4 is 0 Å². The highest BCUT2D eigenvalue weighted by molar-refractivity contribution is 5.14. The molecule has 1 aromatic rings. The van der Waals surface area contributed by atoms with Gasteiger partial charge < -0.3 is 14.8 Å². The van der Waals surface area contributed by atoms with Crippen LogP contribution in [-0.2, 0) is 16.0 Å². The van der Waals surface area contributed by atoms with E-state index in [1.54, 1.807) is 0 Å². The minimum absolute atomic E-state index is 0.225. The van der Waals surface area contributed by atoms with Crippen LogP contribution in [-0.4, -0.2) is 25.5 Å². The molecule has 0 amide bonds. The molecule has 2 fully saturated rings. The molecule has 1 saturated heterocycles. The van der Waals surface area contributed by atoms with E-state index in [1.165, 1.54) is 37.7 Å². The van der Waals surface area contributed by atoms with Crippen LogP contribution in [0.4, 0.5) is 0 Å². The predicted molar refractivity (Wildman–Crippen MR) is 84.0 cm³/mol. The number of benzene rings is 1. The molecule has 3 nitrogen and oxygen atoms in total. The second kappa shape index (κ2) is 7.39. The van der Waals surface area contributed by atoms with E-state index in [2.05, 4.69) is 35.6 Å². The van der Waals surface area contributed by atoms with Crippen molar-refractivity contribution in [2.45, 2.75) is 50.9 Å². The summed E-state index contributed by atoms with van der Waals surface area (Å²) in [4.78, 5) is 0. The number of nitrogens with one attached hydrogen (secondary N) is 1. The molecule has 0 aromatic heterocycles. The second-order valence-corrected chi connectivity index (χ2v) is 6.26. The van der Waals surface area contributed by atoms with Crippen molar-refractivity contribution in [1.29, 1.82) is 0 Å². The predicted octanol–water partition coefficient (Wildman–Crippen LogP) is 3.49. The molecule has 1 N–H and O–H groups in total. The molecule has 1 aliphatic heterocycles. The first kappa shape index (κ1) is 15.0. The zero-order chi connectivity index (χ0) is 14.4. The molecule has 3 heteroatoms. The van der Waals surface area contributed by atoms with Gasteiger partial charge in [0, 0.05) is 18.9 Å². The van der Waals surface area contributed by atoms with Gasteiger partial charge in [-0.1, -0.05) is 36.8 Å². The number of ether oxygens (including phenoxy) is 2. The Kier molecular flexibility index (Phi) is 5.28. The van der Waals surface area contributed by atoms with Gasteiger partial charge in [0.25, 0.3) is 0 Å². The molecule has 1 spiro atoms. The van der Waals surface area contributed by atoms with Gasteiger partial charge in [0.1, 0.15) is 0 Å². The van der Waals surface area contributed by atoms with Gasteiger partial charge in [-0.3, -0.25) is 0 Å². The van der Waals surface area contributed by atoms with Crippen molar-refractivity contribution in [2.75, 3.05) is 19.8 Å². The molecular weight excluding hydrogens is 262 g/mol. The van der Waals surface area contributed by atoms with Crippen LogP contribution in [0.15, 0.2) is 30.3 Å². The first-order valence-electron chi connectivity index (χ1n) is 8.42. The van der Waals surface area contributed by atoms with Gasteiger partial charge in [0.15, 0.2) is 5.79 Å². The minimum atomic E-state index is -0.225. The molecule has 2 aliphatic rings. The first-order chi connectivity index (χ1) is 10.4. The molecular formula is C18H27NO2. The average molecular weight is 289 g/mol. The lowest BCUT2D eigenvalue weighted by molar-refractivity contribution is -0.213. The maximum atomic E-state index is 5.98. The summed E-state index contributed by atoms with van der Waals surface area (Å²) < 4.78 is 12.0. The van der Waals surface area contributed by atoms with Gasteiger partial charge in [-0.15, -0.1) is 0 Å². The summed E-state index contributed by atoms with van der Waals surface area (Å²) >= 11 is 0. The van der Waals surface area contributed by atoms with E-state index in [-0.39, 0.29) is 5.79 Å². The lowest BCUT2D eigenvalue weighted by atomic mass is 9.80. The molecule has 1 atom stereocenters. The zero-order valence-corrected chi connectivity index (χ0v) is 12.9. The Morgan fingerprint density at radius 2 is 1.90 bits per heavy atom. The Morgan fingerprint density at radius 3 is 2.71 bits per heavy atom. The second-order valence-electron chi connectivity index (χ2n) is 6.26. The number of hydrogen-bond acceptors (Lipinski definition) is 3. The fraction of sp³-hybridized carbons (Fsp3) is 0.667. The van der Waals surface area contributed by atoms with Crippen molar-refractivity contribution in [3.63, 3.8) is 0 Å². The summed E-state index contributed by atoms with van der Waals surface area (Å²) in [6, 6.07) is 10.6. The van der Waals surface area contributed by atoms with Crippen LogP contribution in [0.1, 0.15) is 44.1 Å². The van der Waals surface area contributed by atoms with Crippen molar-refractivity contribution in [3.05, 3.63) is 35.9 Å². The molecule has 1 heterocycles. The van der Waals surface area contributed by atoms with Gasteiger partial charge >= 0.3 is 0 Å². The number of hydrogen-bond donors (Lipinski definition) is 1. The first-order valence-corrected chi connectivity index (χ1v) is 8.42. The third-order valence-electron chi connectivity index (χ3n) is 4.80. The van der Waals surface area contributed by atoms with E-state index < -0.39 is 0 Å². The van der Waals surface area contributed by atoms with Crippen LogP contribution in [0.5, 0.6) is 0 Å². The minimum Gasteiger partial charge on any atom is -0.347 e. The molecule has 21 heavy (non-hydrogen) atoms. The highest BCUT2D eigenvalue weighted by Gasteiger charge is 2.45. The molecule has 3 rings (SSSR count). The monoisotopic (exact) mass is 289 g/mol. The molecule has 0 bridgehead atoms. The van der Waals surface area contributed by atoms with Crippen LogP contribution < -0.4 is 5.32 Å². The fourth-order valence-electron chi connectivity index (χ4n) is 3.70. The maximum Gasteiger partial charge on any atom is 0.171 e. The Bertz CT molecular complexity index is 414. The molecule has 1 aliphatic carbocycles. The maximum absolute atomic E-state index is 5.98. The average Bonchev–Trinajstić information content (AvgIpc) is 2.99. The van der Waals surface area contributed by atoms with Crippen LogP contribution in [0.3, 0.4) is 0 Å². The Hall–Kier alpha value is -0.900. The Labute approximate surface area is 128 Å². The smallest absolute Gasteiger partial charge is 0.171 e. The summed E-state index contributed by atoms with van der Waals surface area (Å²) in [5.74, 6) is 0.366. The van der Waals surface area contributed by atoms with Crippen LogP contribution >= 0.6 is 0 Å². The normalized spacial score (nSPS) is 24.5. The molecule has 116 valence electrons. The van der Waals surface area contributed by atoms with E-state index in [1.807, 2.05) is 0 Å². The van der Waals surface area contributed by atoms with Crippen molar-refractivity contribution in [1.82, 2.24) is 5.32 Å². The van der Waals surface area contributed by atoms with Gasteiger partial charge in [-0.2, -0.15) is 0 Å². The van der Waals surface area contributed by atoms with Crippen LogP contribution in [0, 0.1) is 5.92 Å². The standard InChI is InChI=1S/C18H27NO2/c1-2-7-16(8-3-1)15-19-12-6-10-17-9-4-5-11-18(17)20-13-14-21-18/h1-3,7-8,17,19H,4-6,9-15H2. The van der Waals surface area contributed by atoms with Crippen molar-refractivity contribution in [3.8, 4) is 0 Å². The lowest BCUT2D eigenvalue weighted by Gasteiger charge is -2.39. The summed E-state index contributed by atoms with van der Waals surface area (Å²) in [5, 5.41) is 3.54. The molecule has 1 aromatic carbocycles. The van der Waals surface area contributed by atoms with Gasteiger partial charge in [-0.25, -0.2) is 0 Å². The van der Waals surface area contributed by atoms with Crippen molar-refractivity contribution < 1.29 is 9.47 Å². The van der Waals surface area contributed by atoms with Crippen LogP contribution in [0.2, 0.25) is 0 Å². The highest BCUT2D eigenvalue weighted by Crippen LogP contribution is 2.42. The fourth-order valence-corrected chi connectivity index (χ4v) is 3.70. The quantitative estimate of drug-likeness (QED) is 0.813. The van der Waals surface area contributed by atoms with Crippen molar-refractivity contribution in [2.24, 2.45) is 5.92 Å². The van der Waals surface area contributed by atoms with E-state index in [0.717, 1.165) is 32.7 Å². The summed E-state index contributed by atoms with van der Waals surface area (Å²) in [7, 11) is 0. The zero-order valence-electron chi connectivity index (χ0n) is 12.9. The Morgan fingerprint density at radius 1 is 1.10 bits per heavy atom. The third-order valence-corrected chi connectivity index (χ3v) is 4.80. The largest absolute Gasteiger partial charge is 0.347 e. The van der Waals surface area contributed by atoms with E-state index in [9.17, 15) is 0 Å². The van der Waals surface area contributed by atoms with E-state index in [4.69, 9.17) is 9.47 Å². The summed E-state index contributed by atoms with van der Waals surface area (Å²) in [6.07, 6.45) is 7.35. The molecule has 0 radical (unpaired) electrons. The van der Waals surface area contributed by atoms with E-state index in [0.29, 0.717) is 5.92 Å². The topological polar surface area (TPSA) is 30.5 Å². The highest BCUT2D eigenvalue weighted by atomic mass is 16.7. The van der Waals surface area contributed by atoms with Gasteiger partial charge in [0.05, 0.1) is 13.2 Å². The van der Waals surface area contributed by atoms with Gasteiger partial charge in [0.2, 0.25) is 0 Å². The Balaban J connectivity index is 1.38. The molecule has 1 saturated carbocycles. The SMILES string of the molecule is c1ccc(CNCCCC2CCCCC23OCCO3)cc1. The third kappa shape index (κ3) is 3.85. The summed E-state index contributed by atoms with van der Waals surface area (Å²) in [6.45, 7) is 3.59. The van der Waals surface area contributed by atoms with Gasteiger partial charge in [-0.05, 0) is 37.8 Å². The summed E-state index contributed by atoms with van der Waals surface area (Å²) in [5.41, 5.74) is 1.36. The lowest BCUT2D eigenvalue weighted by Crippen LogP contribution is -2.42. The van der Waals surface area contributed by atoms with Crippen LogP contribution in [0.25, 0.3) is 0 Å². The van der Waals surface area contributed by atoms with E-state index >= 15 is 0 Å². The molecule has 1 unspecified atom stereocenters. The number of rotatable bonds is 6.